The van der Waals surface area contributed by atoms with E-state index in [0.29, 0.717) is 24.6 Å². The Kier molecular flexibility index (Phi) is 3.78. The first-order chi connectivity index (χ1) is 14.7. The van der Waals surface area contributed by atoms with E-state index >= 15 is 0 Å². The first-order valence-electron chi connectivity index (χ1n) is 10.4. The second kappa shape index (κ2) is 6.52. The highest BCUT2D eigenvalue weighted by Gasteiger charge is 2.47. The van der Waals surface area contributed by atoms with Crippen molar-refractivity contribution in [1.29, 1.82) is 0 Å². The summed E-state index contributed by atoms with van der Waals surface area (Å²) in [7, 11) is 0. The van der Waals surface area contributed by atoms with E-state index in [0.717, 1.165) is 34.7 Å². The summed E-state index contributed by atoms with van der Waals surface area (Å²) < 4.78 is 0. The summed E-state index contributed by atoms with van der Waals surface area (Å²) in [6.07, 6.45) is 10.4. The molecule has 0 saturated heterocycles. The van der Waals surface area contributed by atoms with E-state index in [2.05, 4.69) is 51.7 Å². The van der Waals surface area contributed by atoms with Crippen LogP contribution in [-0.2, 0) is 17.6 Å². The molecule has 2 aromatic heterocycles. The number of aliphatic imine (C=N–C) groups is 1. The standard InChI is InChI=1S/C23H22N6O/c24-22(30)19-14-2-3-15(11-14)20(19)29-23-21-17(6-8-26-21)27-18(28-23)10-12-1-4-16-13(9-12)5-7-25-16/h1-5,7-9,14-15,19-20,25H,6,10-11H2,(H2,24,30)(H,27,28,29)/t14-,15+,19-,20+/m0/s1. The molecule has 7 heteroatoms. The SMILES string of the molecule is NC(=O)[C@@H]1[C@H](Nc2nc(Cc3ccc4[nH]ccc4c3)nc3c2N=CC3)[C@@H]2C=C[C@H]1C2. The van der Waals surface area contributed by atoms with Gasteiger partial charge in [0, 0.05) is 36.8 Å². The number of carbonyl (C=O) groups is 1. The van der Waals surface area contributed by atoms with Gasteiger partial charge in [0.25, 0.3) is 0 Å². The van der Waals surface area contributed by atoms with Crippen LogP contribution in [-0.4, -0.2) is 33.1 Å². The number of carbonyl (C=O) groups excluding carboxylic acids is 1. The Hall–Kier alpha value is -3.48. The number of amides is 1. The van der Waals surface area contributed by atoms with Crippen molar-refractivity contribution in [2.24, 2.45) is 28.5 Å². The second-order valence-electron chi connectivity index (χ2n) is 8.42. The molecule has 150 valence electrons. The number of hydrogen-bond acceptors (Lipinski definition) is 5. The van der Waals surface area contributed by atoms with Gasteiger partial charge < -0.3 is 16.0 Å². The highest BCUT2D eigenvalue weighted by molar-refractivity contribution is 5.83. The molecule has 4 N–H and O–H groups in total. The number of allylic oxidation sites excluding steroid dienone is 1. The zero-order valence-corrected chi connectivity index (χ0v) is 16.4. The van der Waals surface area contributed by atoms with Crippen molar-refractivity contribution in [1.82, 2.24) is 15.0 Å². The Bertz CT molecular complexity index is 1230. The summed E-state index contributed by atoms with van der Waals surface area (Å²) >= 11 is 0. The molecule has 3 heterocycles. The molecule has 2 bridgehead atoms. The number of fused-ring (bicyclic) bond motifs is 4. The van der Waals surface area contributed by atoms with Crippen molar-refractivity contribution in [2.75, 3.05) is 5.32 Å². The maximum absolute atomic E-state index is 12.1. The molecular formula is C23H22N6O. The lowest BCUT2D eigenvalue weighted by Gasteiger charge is -2.27. The summed E-state index contributed by atoms with van der Waals surface area (Å²) in [5, 5.41) is 4.71. The van der Waals surface area contributed by atoms with Crippen molar-refractivity contribution >= 4 is 34.5 Å². The van der Waals surface area contributed by atoms with Crippen LogP contribution in [0.4, 0.5) is 11.5 Å². The van der Waals surface area contributed by atoms with Gasteiger partial charge in [-0.2, -0.15) is 0 Å². The van der Waals surface area contributed by atoms with Crippen LogP contribution in [0.3, 0.4) is 0 Å². The molecular weight excluding hydrogens is 376 g/mol. The molecule has 2 aliphatic carbocycles. The van der Waals surface area contributed by atoms with E-state index in [9.17, 15) is 4.79 Å². The number of nitrogens with two attached hydrogens (primary N) is 1. The van der Waals surface area contributed by atoms with Gasteiger partial charge in [-0.25, -0.2) is 9.97 Å². The van der Waals surface area contributed by atoms with E-state index < -0.39 is 0 Å². The number of aromatic amines is 1. The number of anilines is 1. The van der Waals surface area contributed by atoms with Crippen LogP contribution in [0.1, 0.15) is 23.5 Å². The van der Waals surface area contributed by atoms with Crippen LogP contribution >= 0.6 is 0 Å². The molecule has 4 atom stereocenters. The summed E-state index contributed by atoms with van der Waals surface area (Å²) in [5.41, 5.74) is 9.72. The zero-order valence-electron chi connectivity index (χ0n) is 16.4. The van der Waals surface area contributed by atoms with Crippen molar-refractivity contribution in [3.8, 4) is 0 Å². The first kappa shape index (κ1) is 17.4. The molecule has 0 radical (unpaired) electrons. The second-order valence-corrected chi connectivity index (χ2v) is 8.42. The van der Waals surface area contributed by atoms with E-state index in [1.165, 1.54) is 5.39 Å². The number of nitrogens with one attached hydrogen (secondary N) is 2. The van der Waals surface area contributed by atoms with Crippen molar-refractivity contribution in [2.45, 2.75) is 25.3 Å². The summed E-state index contributed by atoms with van der Waals surface area (Å²) in [5.74, 6) is 1.52. The van der Waals surface area contributed by atoms with Crippen molar-refractivity contribution in [3.63, 3.8) is 0 Å². The van der Waals surface area contributed by atoms with Crippen LogP contribution in [0.15, 0.2) is 47.6 Å². The molecule has 0 unspecified atom stereocenters. The van der Waals surface area contributed by atoms with Crippen LogP contribution < -0.4 is 11.1 Å². The van der Waals surface area contributed by atoms with E-state index in [-0.39, 0.29) is 23.8 Å². The normalized spacial score (nSPS) is 25.9. The van der Waals surface area contributed by atoms with Gasteiger partial charge in [-0.3, -0.25) is 9.79 Å². The maximum Gasteiger partial charge on any atom is 0.223 e. The van der Waals surface area contributed by atoms with Crippen LogP contribution in [0.2, 0.25) is 0 Å². The van der Waals surface area contributed by atoms with Gasteiger partial charge in [-0.05, 0) is 47.4 Å². The molecule has 30 heavy (non-hydrogen) atoms. The van der Waals surface area contributed by atoms with Gasteiger partial charge >= 0.3 is 0 Å². The average molecular weight is 398 g/mol. The summed E-state index contributed by atoms with van der Waals surface area (Å²) in [6.45, 7) is 0. The molecule has 3 aromatic rings. The maximum atomic E-state index is 12.1. The van der Waals surface area contributed by atoms with E-state index in [1.54, 1.807) is 0 Å². The third-order valence-corrected chi connectivity index (χ3v) is 6.58. The largest absolute Gasteiger partial charge is 0.369 e. The fraction of sp³-hybridized carbons (Fsp3) is 0.304. The lowest BCUT2D eigenvalue weighted by atomic mass is 9.88. The van der Waals surface area contributed by atoms with Crippen LogP contribution in [0, 0.1) is 17.8 Å². The molecule has 6 rings (SSSR count). The number of rotatable bonds is 5. The lowest BCUT2D eigenvalue weighted by molar-refractivity contribution is -0.122. The summed E-state index contributed by atoms with van der Waals surface area (Å²) in [4.78, 5) is 29.4. The van der Waals surface area contributed by atoms with E-state index in [4.69, 9.17) is 15.7 Å². The number of primary amides is 1. The third kappa shape index (κ3) is 2.73. The number of benzene rings is 1. The van der Waals surface area contributed by atoms with Gasteiger partial charge in [0.1, 0.15) is 11.5 Å². The molecule has 1 aromatic carbocycles. The molecule has 3 aliphatic rings. The first-order valence-corrected chi connectivity index (χ1v) is 10.4. The predicted octanol–water partition coefficient (Wildman–Crippen LogP) is 2.90. The zero-order chi connectivity index (χ0) is 20.2. The number of aromatic nitrogens is 3. The predicted molar refractivity (Wildman–Crippen MR) is 116 cm³/mol. The number of H-pyrrole nitrogens is 1. The van der Waals surface area contributed by atoms with Crippen LogP contribution in [0.25, 0.3) is 10.9 Å². The topological polar surface area (TPSA) is 109 Å². The Morgan fingerprint density at radius 2 is 2.10 bits per heavy atom. The number of nitrogens with zero attached hydrogens (tertiary/aromatic N) is 3. The minimum absolute atomic E-state index is 0.0450. The number of hydrogen-bond donors (Lipinski definition) is 3. The molecule has 1 amide bonds. The fourth-order valence-corrected chi connectivity index (χ4v) is 5.19. The van der Waals surface area contributed by atoms with Gasteiger partial charge in [-0.15, -0.1) is 0 Å². The Balaban J connectivity index is 1.33. The Labute approximate surface area is 173 Å². The quantitative estimate of drug-likeness (QED) is 0.574. The highest BCUT2D eigenvalue weighted by Crippen LogP contribution is 2.45. The minimum Gasteiger partial charge on any atom is -0.369 e. The van der Waals surface area contributed by atoms with E-state index in [1.807, 2.05) is 12.4 Å². The van der Waals surface area contributed by atoms with Gasteiger partial charge in [0.2, 0.25) is 5.91 Å². The minimum atomic E-state index is -0.251. The average Bonchev–Trinajstić information content (AvgIpc) is 3.50. The summed E-state index contributed by atoms with van der Waals surface area (Å²) in [6, 6.07) is 8.37. The monoisotopic (exact) mass is 398 g/mol. The molecule has 1 saturated carbocycles. The smallest absolute Gasteiger partial charge is 0.223 e. The molecule has 1 fully saturated rings. The lowest BCUT2D eigenvalue weighted by Crippen LogP contribution is -2.41. The molecule has 1 aliphatic heterocycles. The van der Waals surface area contributed by atoms with Gasteiger partial charge in [0.15, 0.2) is 5.82 Å². The Morgan fingerprint density at radius 1 is 1.20 bits per heavy atom. The third-order valence-electron chi connectivity index (χ3n) is 6.58. The fourth-order valence-electron chi connectivity index (χ4n) is 5.19. The van der Waals surface area contributed by atoms with Gasteiger partial charge in [0.05, 0.1) is 11.6 Å². The highest BCUT2D eigenvalue weighted by atomic mass is 16.1. The molecule has 7 nitrogen and oxygen atoms in total. The Morgan fingerprint density at radius 3 is 3.00 bits per heavy atom. The van der Waals surface area contributed by atoms with Crippen LogP contribution in [0.5, 0.6) is 0 Å². The molecule has 0 spiro atoms. The van der Waals surface area contributed by atoms with Crippen molar-refractivity contribution in [3.05, 3.63) is 59.7 Å². The van der Waals surface area contributed by atoms with Crippen molar-refractivity contribution < 1.29 is 4.79 Å². The van der Waals surface area contributed by atoms with Gasteiger partial charge in [-0.1, -0.05) is 18.2 Å².